The number of cyclic esters (lactones) is 1. The molecule has 0 aliphatic carbocycles. The summed E-state index contributed by atoms with van der Waals surface area (Å²) in [6.45, 7) is 3.67. The first-order chi connectivity index (χ1) is 15.4. The van der Waals surface area contributed by atoms with Gasteiger partial charge in [0.1, 0.15) is 30.7 Å². The van der Waals surface area contributed by atoms with E-state index >= 15 is 0 Å². The Morgan fingerprint density at radius 2 is 2.12 bits per heavy atom. The van der Waals surface area contributed by atoms with E-state index < -0.39 is 5.82 Å². The zero-order valence-electron chi connectivity index (χ0n) is 17.6. The molecule has 1 aliphatic rings. The lowest BCUT2D eigenvalue weighted by Crippen LogP contribution is -2.45. The van der Waals surface area contributed by atoms with Crippen LogP contribution in [0.3, 0.4) is 0 Å². The maximum absolute atomic E-state index is 13.5. The van der Waals surface area contributed by atoms with Gasteiger partial charge in [0.05, 0.1) is 24.2 Å². The van der Waals surface area contributed by atoms with Gasteiger partial charge >= 0.3 is 5.97 Å². The summed E-state index contributed by atoms with van der Waals surface area (Å²) in [6, 6.07) is 7.88. The van der Waals surface area contributed by atoms with E-state index in [1.165, 1.54) is 18.5 Å². The van der Waals surface area contributed by atoms with Crippen molar-refractivity contribution in [2.24, 2.45) is 0 Å². The summed E-state index contributed by atoms with van der Waals surface area (Å²) in [4.78, 5) is 22.2. The minimum absolute atomic E-state index is 0.00923. The van der Waals surface area contributed by atoms with Gasteiger partial charge in [-0.2, -0.15) is 0 Å². The molecule has 1 aliphatic heterocycles. The molecule has 32 heavy (non-hydrogen) atoms. The number of ether oxygens (including phenoxy) is 3. The van der Waals surface area contributed by atoms with Crippen LogP contribution >= 0.6 is 11.6 Å². The Balaban J connectivity index is 1.55. The average Bonchev–Trinajstić information content (AvgIpc) is 2.75. The highest BCUT2D eigenvalue weighted by atomic mass is 35.5. The Hall–Kier alpha value is -3.17. The fourth-order valence-corrected chi connectivity index (χ4v) is 3.69. The van der Waals surface area contributed by atoms with Crippen molar-refractivity contribution in [2.75, 3.05) is 38.7 Å². The summed E-state index contributed by atoms with van der Waals surface area (Å²) in [5, 5.41) is 3.84. The van der Waals surface area contributed by atoms with Crippen molar-refractivity contribution in [2.45, 2.75) is 13.0 Å². The number of carbonyl (C=O) groups is 1. The lowest BCUT2D eigenvalue weighted by Gasteiger charge is -2.29. The number of fused-ring (bicyclic) bond motifs is 1. The van der Waals surface area contributed by atoms with Crippen molar-refractivity contribution < 1.29 is 23.4 Å². The summed E-state index contributed by atoms with van der Waals surface area (Å²) in [5.74, 6) is 0.821. The van der Waals surface area contributed by atoms with Crippen LogP contribution in [0, 0.1) is 5.82 Å². The molecule has 0 bridgehead atoms. The molecule has 2 aromatic carbocycles. The molecule has 2 heterocycles. The van der Waals surface area contributed by atoms with Crippen molar-refractivity contribution in [3.8, 4) is 11.5 Å². The quantitative estimate of drug-likeness (QED) is 0.533. The zero-order valence-corrected chi connectivity index (χ0v) is 18.4. The lowest BCUT2D eigenvalue weighted by molar-refractivity contribution is -0.157. The molecule has 8 nitrogen and oxygen atoms in total. The summed E-state index contributed by atoms with van der Waals surface area (Å²) < 4.78 is 30.1. The van der Waals surface area contributed by atoms with E-state index in [0.717, 1.165) is 0 Å². The number of aromatic nitrogens is 2. The van der Waals surface area contributed by atoms with Crippen LogP contribution in [-0.2, 0) is 9.53 Å². The second-order valence-electron chi connectivity index (χ2n) is 7.38. The average molecular weight is 461 g/mol. The number of carbonyl (C=O) groups excluding carboxylic acids is 1. The molecule has 168 valence electrons. The van der Waals surface area contributed by atoms with Gasteiger partial charge in [0.2, 0.25) is 0 Å². The SMILES string of the molecule is COc1cc2ncnc(Nc3ccc(F)c(Cl)c3)c2cc1OCCN1CC(=O)O[C@@H](C)C1. The normalized spacial score (nSPS) is 16.6. The number of hydrogen-bond donors (Lipinski definition) is 1. The molecule has 0 unspecified atom stereocenters. The number of nitrogens with one attached hydrogen (secondary N) is 1. The van der Waals surface area contributed by atoms with Gasteiger partial charge in [0.15, 0.2) is 11.5 Å². The van der Waals surface area contributed by atoms with Gasteiger partial charge in [-0.1, -0.05) is 11.6 Å². The van der Waals surface area contributed by atoms with Crippen LogP contribution in [0.15, 0.2) is 36.7 Å². The number of esters is 1. The molecular weight excluding hydrogens is 439 g/mol. The Bertz CT molecular complexity index is 1150. The number of anilines is 2. The van der Waals surface area contributed by atoms with E-state index in [9.17, 15) is 9.18 Å². The van der Waals surface area contributed by atoms with Gasteiger partial charge in [-0.05, 0) is 31.2 Å². The van der Waals surface area contributed by atoms with Crippen LogP contribution < -0.4 is 14.8 Å². The summed E-state index contributed by atoms with van der Waals surface area (Å²) in [6.07, 6.45) is 1.28. The van der Waals surface area contributed by atoms with Crippen molar-refractivity contribution in [1.82, 2.24) is 14.9 Å². The second kappa shape index (κ2) is 9.54. The van der Waals surface area contributed by atoms with Crippen LogP contribution in [0.25, 0.3) is 10.9 Å². The number of rotatable bonds is 7. The number of hydrogen-bond acceptors (Lipinski definition) is 8. The summed E-state index contributed by atoms with van der Waals surface area (Å²) in [5.41, 5.74) is 1.23. The first kappa shape index (κ1) is 22.0. The molecule has 1 aromatic heterocycles. The van der Waals surface area contributed by atoms with Crippen LogP contribution in [0.4, 0.5) is 15.9 Å². The van der Waals surface area contributed by atoms with Crippen LogP contribution in [0.5, 0.6) is 11.5 Å². The number of nitrogens with zero attached hydrogens (tertiary/aromatic N) is 3. The minimum atomic E-state index is -0.499. The van der Waals surface area contributed by atoms with Crippen molar-refractivity contribution in [3.05, 3.63) is 47.5 Å². The van der Waals surface area contributed by atoms with E-state index in [1.807, 2.05) is 11.8 Å². The number of morpholine rings is 1. The number of halogens is 2. The predicted molar refractivity (Wildman–Crippen MR) is 118 cm³/mol. The highest BCUT2D eigenvalue weighted by Crippen LogP contribution is 2.35. The number of benzene rings is 2. The molecule has 4 rings (SSSR count). The summed E-state index contributed by atoms with van der Waals surface area (Å²) in [7, 11) is 1.55. The molecule has 0 saturated carbocycles. The van der Waals surface area contributed by atoms with E-state index in [1.54, 1.807) is 25.3 Å². The third-order valence-electron chi connectivity index (χ3n) is 4.97. The Kier molecular flexibility index (Phi) is 6.57. The Morgan fingerprint density at radius 3 is 2.88 bits per heavy atom. The molecular formula is C22H22ClFN4O4. The molecule has 1 N–H and O–H groups in total. The third-order valence-corrected chi connectivity index (χ3v) is 5.26. The first-order valence-electron chi connectivity index (χ1n) is 10.0. The first-order valence-corrected chi connectivity index (χ1v) is 10.4. The summed E-state index contributed by atoms with van der Waals surface area (Å²) >= 11 is 5.89. The molecule has 1 atom stereocenters. The molecule has 1 fully saturated rings. The highest BCUT2D eigenvalue weighted by Gasteiger charge is 2.23. The topological polar surface area (TPSA) is 85.8 Å². The maximum atomic E-state index is 13.5. The van der Waals surface area contributed by atoms with Gasteiger partial charge in [-0.15, -0.1) is 0 Å². The molecule has 1 saturated heterocycles. The monoisotopic (exact) mass is 460 g/mol. The Morgan fingerprint density at radius 1 is 1.28 bits per heavy atom. The zero-order chi connectivity index (χ0) is 22.7. The van der Waals surface area contributed by atoms with Crippen LogP contribution in [0.2, 0.25) is 5.02 Å². The second-order valence-corrected chi connectivity index (χ2v) is 7.79. The van der Waals surface area contributed by atoms with Gasteiger partial charge in [0, 0.05) is 30.2 Å². The third kappa shape index (κ3) is 5.00. The largest absolute Gasteiger partial charge is 0.493 e. The maximum Gasteiger partial charge on any atom is 0.320 e. The highest BCUT2D eigenvalue weighted by molar-refractivity contribution is 6.31. The van der Waals surface area contributed by atoms with Crippen LogP contribution in [-0.4, -0.2) is 60.3 Å². The van der Waals surface area contributed by atoms with Gasteiger partial charge in [0.25, 0.3) is 0 Å². The molecule has 3 aromatic rings. The molecule has 10 heteroatoms. The van der Waals surface area contributed by atoms with Crippen molar-refractivity contribution >= 4 is 40.0 Å². The molecule has 0 radical (unpaired) electrons. The van der Waals surface area contributed by atoms with Gasteiger partial charge < -0.3 is 19.5 Å². The fourth-order valence-electron chi connectivity index (χ4n) is 3.51. The smallest absolute Gasteiger partial charge is 0.320 e. The van der Waals surface area contributed by atoms with Crippen molar-refractivity contribution in [3.63, 3.8) is 0 Å². The van der Waals surface area contributed by atoms with E-state index in [-0.39, 0.29) is 23.6 Å². The molecule has 0 amide bonds. The van der Waals surface area contributed by atoms with Gasteiger partial charge in [-0.25, -0.2) is 14.4 Å². The van der Waals surface area contributed by atoms with Crippen LogP contribution in [0.1, 0.15) is 6.92 Å². The Labute approximate surface area is 189 Å². The van der Waals surface area contributed by atoms with Crippen molar-refractivity contribution in [1.29, 1.82) is 0 Å². The predicted octanol–water partition coefficient (Wildman–Crippen LogP) is 3.80. The lowest BCUT2D eigenvalue weighted by atomic mass is 10.2. The van der Waals surface area contributed by atoms with E-state index in [0.29, 0.717) is 53.6 Å². The fraction of sp³-hybridized carbons (Fsp3) is 0.318. The molecule has 0 spiro atoms. The van der Waals surface area contributed by atoms with E-state index in [4.69, 9.17) is 25.8 Å². The van der Waals surface area contributed by atoms with E-state index in [2.05, 4.69) is 15.3 Å². The number of methoxy groups -OCH3 is 1. The van der Waals surface area contributed by atoms with Gasteiger partial charge in [-0.3, -0.25) is 9.69 Å². The standard InChI is InChI=1S/C22H22ClFN4O4/c1-13-10-28(11-21(29)32-13)5-6-31-20-8-15-18(9-19(20)30-2)25-12-26-22(15)27-14-3-4-17(24)16(23)7-14/h3-4,7-9,12-13H,5-6,10-11H2,1-2H3,(H,25,26,27)/t13-/m0/s1. The minimum Gasteiger partial charge on any atom is -0.493 e.